The fraction of sp³-hybridized carbons (Fsp3) is 0.0556. The van der Waals surface area contributed by atoms with E-state index in [0.29, 0.717) is 0 Å². The van der Waals surface area contributed by atoms with Crippen LogP contribution in [0.15, 0.2) is 146 Å². The van der Waals surface area contributed by atoms with Crippen LogP contribution in [0.4, 0.5) is 0 Å². The van der Waals surface area contributed by atoms with Gasteiger partial charge in [-0.1, -0.05) is 42.8 Å². The number of rotatable bonds is 4. The van der Waals surface area contributed by atoms with E-state index in [4.69, 9.17) is 0 Å². The van der Waals surface area contributed by atoms with Crippen molar-refractivity contribution in [2.75, 3.05) is 0 Å². The monoisotopic (exact) mass is 556 g/mol. The van der Waals surface area contributed by atoms with Gasteiger partial charge in [0, 0.05) is 0 Å². The molecule has 5 aromatic rings. The van der Waals surface area contributed by atoms with Gasteiger partial charge >= 0.3 is 99.2 Å². The van der Waals surface area contributed by atoms with Crippen molar-refractivity contribution in [3.05, 3.63) is 178 Å². The van der Waals surface area contributed by atoms with Crippen LogP contribution in [-0.2, 0) is 24.2 Å². The number of allylic oxidation sites excluding steroid dienone is 5. The molecule has 5 aromatic carbocycles. The average Bonchev–Trinajstić information content (AvgIpc) is 3.58. The topological polar surface area (TPSA) is 0 Å². The van der Waals surface area contributed by atoms with E-state index in [2.05, 4.69) is 134 Å². The van der Waals surface area contributed by atoms with Gasteiger partial charge in [0.25, 0.3) is 0 Å². The molecule has 0 saturated carbocycles. The largest absolute Gasteiger partial charge is 0.126 e. The van der Waals surface area contributed by atoms with Crippen LogP contribution < -0.4 is 0 Å². The Morgan fingerprint density at radius 2 is 1.19 bits per heavy atom. The fourth-order valence-electron chi connectivity index (χ4n) is 4.03. The molecule has 0 nitrogen and oxygen atoms in total. The molecule has 0 atom stereocenters. The molecule has 0 aliphatic heterocycles. The molecule has 0 unspecified atom stereocenters. The Morgan fingerprint density at radius 1 is 0.730 bits per heavy atom. The molecule has 1 aliphatic rings. The van der Waals surface area contributed by atoms with Crippen LogP contribution >= 0.6 is 0 Å². The van der Waals surface area contributed by atoms with Gasteiger partial charge in [-0.3, -0.25) is 6.08 Å². The summed E-state index contributed by atoms with van der Waals surface area (Å²) in [6.45, 7) is 3.64. The molecule has 186 valence electrons. The van der Waals surface area contributed by atoms with Crippen LogP contribution in [-0.4, -0.2) is 3.21 Å². The Morgan fingerprint density at radius 3 is 1.62 bits per heavy atom. The van der Waals surface area contributed by atoms with Gasteiger partial charge in [0.2, 0.25) is 0 Å². The van der Waals surface area contributed by atoms with Crippen molar-refractivity contribution >= 4 is 24.8 Å². The third-order valence-electron chi connectivity index (χ3n) is 5.80. The van der Waals surface area contributed by atoms with Gasteiger partial charge in [-0.25, -0.2) is 6.08 Å². The first kappa shape index (κ1) is 30.0. The minimum Gasteiger partial charge on any atom is -0.126 e. The van der Waals surface area contributed by atoms with Crippen LogP contribution in [0.1, 0.15) is 24.0 Å². The van der Waals surface area contributed by atoms with Crippen molar-refractivity contribution in [2.45, 2.75) is 12.8 Å². The van der Waals surface area contributed by atoms with Gasteiger partial charge in [-0.2, -0.15) is 11.6 Å². The zero-order valence-electron chi connectivity index (χ0n) is 21.8. The average molecular weight is 558 g/mol. The van der Waals surface area contributed by atoms with Crippen molar-refractivity contribution in [1.82, 2.24) is 0 Å². The Labute approximate surface area is 238 Å². The summed E-state index contributed by atoms with van der Waals surface area (Å²) in [5.41, 5.74) is 4.01. The minimum absolute atomic E-state index is 0. The second-order valence-corrected chi connectivity index (χ2v) is 9.48. The quantitative estimate of drug-likeness (QED) is 0.152. The second kappa shape index (κ2) is 15.8. The van der Waals surface area contributed by atoms with E-state index in [-0.39, 0.29) is 14.9 Å². The van der Waals surface area contributed by atoms with Crippen molar-refractivity contribution in [3.8, 4) is 0 Å². The number of benzene rings is 4. The molecule has 0 bridgehead atoms. The van der Waals surface area contributed by atoms with E-state index in [1.807, 2.05) is 12.2 Å². The van der Waals surface area contributed by atoms with Crippen LogP contribution in [0.2, 0.25) is 0 Å². The zero-order valence-corrected chi connectivity index (χ0v) is 24.3. The predicted octanol–water partition coefficient (Wildman–Crippen LogP) is 9.67. The summed E-state index contributed by atoms with van der Waals surface area (Å²) >= 11 is 1.46. The first-order chi connectivity index (χ1) is 17.3. The normalized spacial score (nSPS) is 11.1. The maximum atomic E-state index is 3.64. The Hall–Kier alpha value is -3.28. The van der Waals surface area contributed by atoms with E-state index in [0.717, 1.165) is 12.8 Å². The summed E-state index contributed by atoms with van der Waals surface area (Å²) < 4.78 is 1.42. The predicted molar refractivity (Wildman–Crippen MR) is 161 cm³/mol. The number of hydrogen-bond acceptors (Lipinski definition) is 0. The van der Waals surface area contributed by atoms with Crippen molar-refractivity contribution in [2.24, 2.45) is 0 Å². The van der Waals surface area contributed by atoms with Crippen LogP contribution in [0.25, 0.3) is 21.5 Å². The molecule has 1 aliphatic carbocycles. The maximum absolute atomic E-state index is 3.64. The fourth-order valence-corrected chi connectivity index (χ4v) is 4.85. The summed E-state index contributed by atoms with van der Waals surface area (Å²) in [4.78, 5) is 0. The zero-order chi connectivity index (χ0) is 24.3. The molecule has 0 amide bonds. The van der Waals surface area contributed by atoms with Crippen LogP contribution in [0.3, 0.4) is 0 Å². The summed E-state index contributed by atoms with van der Waals surface area (Å²) in [5.74, 6) is 0. The maximum Gasteiger partial charge on any atom is -0.0771 e. The Kier molecular flexibility index (Phi) is 12.8. The van der Waals surface area contributed by atoms with Gasteiger partial charge in [-0.05, 0) is 0 Å². The summed E-state index contributed by atoms with van der Waals surface area (Å²) in [7, 11) is 0. The third kappa shape index (κ3) is 8.38. The third-order valence-corrected chi connectivity index (χ3v) is 7.22. The van der Waals surface area contributed by atoms with E-state index in [1.165, 1.54) is 65.7 Å². The molecule has 0 radical (unpaired) electrons. The Balaban J connectivity index is 0.000000197. The number of fused-ring (bicyclic) bond motifs is 3. The molecule has 0 spiro atoms. The van der Waals surface area contributed by atoms with Crippen LogP contribution in [0, 0.1) is 20.9 Å². The minimum atomic E-state index is 0. The van der Waals surface area contributed by atoms with E-state index in [1.54, 1.807) is 0 Å². The summed E-state index contributed by atoms with van der Waals surface area (Å²) in [6, 6.07) is 40.4. The SMILES string of the molecule is C=CCC1=CC[C-]=C1.[CH3-].[CH3-].[Zr]=[C](c1ccccc1)c1ccccc1.c1ccc2c(c1)[cH-]c1ccccc12. The van der Waals surface area contributed by atoms with Crippen LogP contribution in [0.5, 0.6) is 0 Å². The van der Waals surface area contributed by atoms with Gasteiger partial charge in [0.15, 0.2) is 0 Å². The second-order valence-electron chi connectivity index (χ2n) is 8.25. The van der Waals surface area contributed by atoms with E-state index in [9.17, 15) is 0 Å². The molecule has 0 saturated heterocycles. The first-order valence-corrected chi connectivity index (χ1v) is 13.1. The Bertz CT molecular complexity index is 1360. The van der Waals surface area contributed by atoms with Crippen molar-refractivity contribution in [1.29, 1.82) is 0 Å². The molecule has 0 heterocycles. The number of hydrogen-bond donors (Lipinski definition) is 0. The molecule has 6 rings (SSSR count). The summed E-state index contributed by atoms with van der Waals surface area (Å²) in [6.07, 6.45) is 11.2. The van der Waals surface area contributed by atoms with E-state index < -0.39 is 0 Å². The van der Waals surface area contributed by atoms with Gasteiger partial charge in [-0.15, -0.1) is 58.8 Å². The van der Waals surface area contributed by atoms with Gasteiger partial charge in [0.05, 0.1) is 0 Å². The first-order valence-electron chi connectivity index (χ1n) is 11.9. The molecule has 37 heavy (non-hydrogen) atoms. The van der Waals surface area contributed by atoms with Crippen molar-refractivity contribution in [3.63, 3.8) is 0 Å². The molecule has 0 fully saturated rings. The van der Waals surface area contributed by atoms with Crippen molar-refractivity contribution < 1.29 is 24.2 Å². The molecular weight excluding hydrogens is 524 g/mol. The molecule has 1 heteroatoms. The van der Waals surface area contributed by atoms with Gasteiger partial charge in [0.1, 0.15) is 0 Å². The standard InChI is InChI=1S/C13H9.C13H10.C8H9.2CH3.Zr/c1-3-7-12-10(5-1)9-11-6-2-4-8-13(11)12;1-3-7-12(8-4-1)11-13-9-5-2-6-10-13;1-2-5-8-6-3-4-7-8;;;/h1-9H;1-10H;2,6-7H,1,3,5H2;2*1H3;/q-1;;3*-1;. The van der Waals surface area contributed by atoms with Gasteiger partial charge < -0.3 is 14.9 Å². The summed E-state index contributed by atoms with van der Waals surface area (Å²) in [5, 5.41) is 5.39. The van der Waals surface area contributed by atoms with E-state index >= 15 is 0 Å². The molecule has 0 N–H and O–H groups in total. The molecular formula is C36H34Zr-4. The molecule has 0 aromatic heterocycles. The smallest absolute Gasteiger partial charge is 0.0771 e.